The van der Waals surface area contributed by atoms with Gasteiger partial charge in [-0.1, -0.05) is 6.92 Å². The van der Waals surface area contributed by atoms with Crippen molar-refractivity contribution in [3.05, 3.63) is 29.8 Å². The summed E-state index contributed by atoms with van der Waals surface area (Å²) >= 11 is 0. The summed E-state index contributed by atoms with van der Waals surface area (Å²) < 4.78 is 11.3. The Morgan fingerprint density at radius 2 is 2.09 bits per heavy atom. The van der Waals surface area contributed by atoms with Gasteiger partial charge in [-0.25, -0.2) is 4.79 Å². The maximum atomic E-state index is 11.8. The number of carboxylic acids is 1. The summed E-state index contributed by atoms with van der Waals surface area (Å²) in [7, 11) is 0. The normalized spacial score (nSPS) is 21.1. The third-order valence-electron chi connectivity index (χ3n) is 3.52. The molecule has 22 heavy (non-hydrogen) atoms. The van der Waals surface area contributed by atoms with Crippen molar-refractivity contribution in [3.63, 3.8) is 0 Å². The summed E-state index contributed by atoms with van der Waals surface area (Å²) in [4.78, 5) is 22.6. The molecule has 1 aromatic rings. The lowest BCUT2D eigenvalue weighted by molar-refractivity contribution is -0.124. The first-order valence-corrected chi connectivity index (χ1v) is 7.47. The molecule has 1 aliphatic heterocycles. The van der Waals surface area contributed by atoms with Gasteiger partial charge in [-0.3, -0.25) is 4.79 Å². The third-order valence-corrected chi connectivity index (χ3v) is 3.52. The lowest BCUT2D eigenvalue weighted by Gasteiger charge is -2.32. The Hall–Kier alpha value is -2.08. The van der Waals surface area contributed by atoms with Crippen molar-refractivity contribution in [2.75, 3.05) is 13.2 Å². The second-order valence-electron chi connectivity index (χ2n) is 5.27. The molecule has 2 rings (SSSR count). The van der Waals surface area contributed by atoms with E-state index in [0.29, 0.717) is 31.8 Å². The Morgan fingerprint density at radius 3 is 2.73 bits per heavy atom. The Labute approximate surface area is 129 Å². The standard InChI is InChI=1S/C16H21NO5/c1-2-3-15(18)17-13-8-9-21-10-14(13)22-12-6-4-11(5-7-12)16(19)20/h4-7,13-14H,2-3,8-10H2,1H3,(H,17,18)(H,19,20)/t13-,14-/m1/s1. The molecule has 1 heterocycles. The van der Waals surface area contributed by atoms with E-state index in [-0.39, 0.29) is 23.6 Å². The molecular weight excluding hydrogens is 286 g/mol. The maximum absolute atomic E-state index is 11.8. The number of carbonyl (C=O) groups is 2. The molecule has 0 saturated carbocycles. The van der Waals surface area contributed by atoms with E-state index < -0.39 is 5.97 Å². The fourth-order valence-electron chi connectivity index (χ4n) is 2.35. The van der Waals surface area contributed by atoms with Crippen molar-refractivity contribution >= 4 is 11.9 Å². The van der Waals surface area contributed by atoms with Crippen molar-refractivity contribution in [1.82, 2.24) is 5.32 Å². The monoisotopic (exact) mass is 307 g/mol. The highest BCUT2D eigenvalue weighted by Gasteiger charge is 2.28. The highest BCUT2D eigenvalue weighted by molar-refractivity contribution is 5.87. The highest BCUT2D eigenvalue weighted by Crippen LogP contribution is 2.19. The number of hydrogen-bond donors (Lipinski definition) is 2. The Balaban J connectivity index is 1.98. The third kappa shape index (κ3) is 4.46. The van der Waals surface area contributed by atoms with Gasteiger partial charge in [0, 0.05) is 13.0 Å². The predicted octanol–water partition coefficient (Wildman–Crippen LogP) is 1.84. The summed E-state index contributed by atoms with van der Waals surface area (Å²) in [5.74, 6) is -0.392. The Bertz CT molecular complexity index is 514. The summed E-state index contributed by atoms with van der Waals surface area (Å²) in [5, 5.41) is 11.9. The molecule has 2 N–H and O–H groups in total. The molecule has 6 nitrogen and oxygen atoms in total. The first kappa shape index (κ1) is 16.3. The van der Waals surface area contributed by atoms with Crippen molar-refractivity contribution in [3.8, 4) is 5.75 Å². The Morgan fingerprint density at radius 1 is 1.36 bits per heavy atom. The van der Waals surface area contributed by atoms with Crippen LogP contribution in [0.2, 0.25) is 0 Å². The molecule has 1 amide bonds. The fourth-order valence-corrected chi connectivity index (χ4v) is 2.35. The molecule has 1 aliphatic rings. The van der Waals surface area contributed by atoms with E-state index >= 15 is 0 Å². The summed E-state index contributed by atoms with van der Waals surface area (Å²) in [6.45, 7) is 2.95. The van der Waals surface area contributed by atoms with Crippen LogP contribution in [-0.2, 0) is 9.53 Å². The van der Waals surface area contributed by atoms with Crippen molar-refractivity contribution in [2.45, 2.75) is 38.3 Å². The zero-order chi connectivity index (χ0) is 15.9. The van der Waals surface area contributed by atoms with Gasteiger partial charge in [0.05, 0.1) is 18.2 Å². The first-order valence-electron chi connectivity index (χ1n) is 7.47. The van der Waals surface area contributed by atoms with Crippen LogP contribution in [-0.4, -0.2) is 42.3 Å². The van der Waals surface area contributed by atoms with Gasteiger partial charge in [0.1, 0.15) is 11.9 Å². The van der Waals surface area contributed by atoms with Crippen molar-refractivity contribution in [2.24, 2.45) is 0 Å². The van der Waals surface area contributed by atoms with Crippen LogP contribution in [0.1, 0.15) is 36.5 Å². The van der Waals surface area contributed by atoms with Crippen LogP contribution in [0.4, 0.5) is 0 Å². The van der Waals surface area contributed by atoms with Gasteiger partial charge in [0.2, 0.25) is 5.91 Å². The van der Waals surface area contributed by atoms with Gasteiger partial charge >= 0.3 is 5.97 Å². The van der Waals surface area contributed by atoms with E-state index in [1.807, 2.05) is 6.92 Å². The van der Waals surface area contributed by atoms with Crippen molar-refractivity contribution < 1.29 is 24.2 Å². The largest absolute Gasteiger partial charge is 0.486 e. The first-order chi connectivity index (χ1) is 10.6. The molecule has 0 radical (unpaired) electrons. The molecular formula is C16H21NO5. The number of aromatic carboxylic acids is 1. The molecule has 1 aromatic carbocycles. The van der Waals surface area contributed by atoms with Crippen LogP contribution < -0.4 is 10.1 Å². The zero-order valence-corrected chi connectivity index (χ0v) is 12.6. The zero-order valence-electron chi connectivity index (χ0n) is 12.6. The average molecular weight is 307 g/mol. The number of carboxylic acid groups (broad SMARTS) is 1. The molecule has 0 aliphatic carbocycles. The molecule has 0 aromatic heterocycles. The lowest BCUT2D eigenvalue weighted by Crippen LogP contribution is -2.51. The predicted molar refractivity (Wildman–Crippen MR) is 80.1 cm³/mol. The molecule has 0 spiro atoms. The number of rotatable bonds is 6. The van der Waals surface area contributed by atoms with E-state index in [9.17, 15) is 9.59 Å². The van der Waals surface area contributed by atoms with E-state index in [2.05, 4.69) is 5.32 Å². The van der Waals surface area contributed by atoms with E-state index in [4.69, 9.17) is 14.6 Å². The van der Waals surface area contributed by atoms with E-state index in [0.717, 1.165) is 6.42 Å². The summed E-state index contributed by atoms with van der Waals surface area (Å²) in [5.41, 5.74) is 0.208. The van der Waals surface area contributed by atoms with Gasteiger partial charge in [-0.2, -0.15) is 0 Å². The minimum Gasteiger partial charge on any atom is -0.486 e. The lowest BCUT2D eigenvalue weighted by atomic mass is 10.1. The number of amides is 1. The minimum absolute atomic E-state index is 0.0178. The smallest absolute Gasteiger partial charge is 0.335 e. The van der Waals surface area contributed by atoms with E-state index in [1.165, 1.54) is 12.1 Å². The molecule has 1 fully saturated rings. The number of hydrogen-bond acceptors (Lipinski definition) is 4. The van der Waals surface area contributed by atoms with Crippen LogP contribution in [0.15, 0.2) is 24.3 Å². The van der Waals surface area contributed by atoms with Gasteiger partial charge in [0.15, 0.2) is 0 Å². The molecule has 1 saturated heterocycles. The molecule has 120 valence electrons. The summed E-state index contributed by atoms with van der Waals surface area (Å²) in [6.07, 6.45) is 1.73. The SMILES string of the molecule is CCCC(=O)N[C@@H]1CCOC[C@H]1Oc1ccc(C(=O)O)cc1. The van der Waals surface area contributed by atoms with Crippen LogP contribution >= 0.6 is 0 Å². The second kappa shape index (κ2) is 7.79. The molecule has 0 bridgehead atoms. The number of benzene rings is 1. The van der Waals surface area contributed by atoms with Gasteiger partial charge in [-0.05, 0) is 37.1 Å². The molecule has 0 unspecified atom stereocenters. The quantitative estimate of drug-likeness (QED) is 0.837. The van der Waals surface area contributed by atoms with Crippen molar-refractivity contribution in [1.29, 1.82) is 0 Å². The fraction of sp³-hybridized carbons (Fsp3) is 0.500. The maximum Gasteiger partial charge on any atom is 0.335 e. The van der Waals surface area contributed by atoms with Crippen LogP contribution in [0.5, 0.6) is 5.75 Å². The van der Waals surface area contributed by atoms with Crippen LogP contribution in [0.3, 0.4) is 0 Å². The summed E-state index contributed by atoms with van der Waals surface area (Å²) in [6, 6.07) is 6.12. The highest BCUT2D eigenvalue weighted by atomic mass is 16.5. The van der Waals surface area contributed by atoms with E-state index in [1.54, 1.807) is 12.1 Å². The average Bonchev–Trinajstić information content (AvgIpc) is 2.50. The van der Waals surface area contributed by atoms with Gasteiger partial charge in [0.25, 0.3) is 0 Å². The molecule has 6 heteroatoms. The second-order valence-corrected chi connectivity index (χ2v) is 5.27. The number of nitrogens with one attached hydrogen (secondary N) is 1. The van der Waals surface area contributed by atoms with Crippen LogP contribution in [0, 0.1) is 0 Å². The molecule has 2 atom stereocenters. The minimum atomic E-state index is -0.975. The number of ether oxygens (including phenoxy) is 2. The van der Waals surface area contributed by atoms with Gasteiger partial charge < -0.3 is 19.9 Å². The van der Waals surface area contributed by atoms with Gasteiger partial charge in [-0.15, -0.1) is 0 Å². The number of carbonyl (C=O) groups excluding carboxylic acids is 1. The Kier molecular flexibility index (Phi) is 5.77. The topological polar surface area (TPSA) is 84.9 Å². The van der Waals surface area contributed by atoms with Crippen LogP contribution in [0.25, 0.3) is 0 Å².